The zero-order valence-corrected chi connectivity index (χ0v) is 12.8. The van der Waals surface area contributed by atoms with Gasteiger partial charge in [-0.25, -0.2) is 4.98 Å². The van der Waals surface area contributed by atoms with Gasteiger partial charge in [-0.05, 0) is 24.6 Å². The van der Waals surface area contributed by atoms with Crippen LogP contribution >= 0.6 is 15.9 Å². The van der Waals surface area contributed by atoms with Crippen molar-refractivity contribution in [2.45, 2.75) is 13.5 Å². The van der Waals surface area contributed by atoms with Crippen LogP contribution in [0.25, 0.3) is 0 Å². The Morgan fingerprint density at radius 3 is 3.00 bits per heavy atom. The van der Waals surface area contributed by atoms with Crippen molar-refractivity contribution in [1.82, 2.24) is 9.55 Å². The highest BCUT2D eigenvalue weighted by Gasteiger charge is 2.05. The first-order valence-corrected chi connectivity index (χ1v) is 6.99. The number of nitrogens with one attached hydrogen (secondary N) is 1. The van der Waals surface area contributed by atoms with Gasteiger partial charge in [-0.2, -0.15) is 0 Å². The molecule has 0 radical (unpaired) electrons. The Hall–Kier alpha value is -1.33. The van der Waals surface area contributed by atoms with Gasteiger partial charge < -0.3 is 14.6 Å². The largest absolute Gasteiger partial charge is 0.383 e. The van der Waals surface area contributed by atoms with Crippen molar-refractivity contribution in [2.75, 3.05) is 25.6 Å². The van der Waals surface area contributed by atoms with Crippen molar-refractivity contribution in [2.24, 2.45) is 0 Å². The molecule has 0 spiro atoms. The maximum atomic E-state index is 5.04. The first-order chi connectivity index (χ1) is 9.19. The lowest BCUT2D eigenvalue weighted by atomic mass is 10.2. The van der Waals surface area contributed by atoms with Crippen molar-refractivity contribution < 1.29 is 4.74 Å². The summed E-state index contributed by atoms with van der Waals surface area (Å²) in [5, 5.41) is 3.29. The molecule has 5 heteroatoms. The van der Waals surface area contributed by atoms with E-state index in [1.54, 1.807) is 7.11 Å². The fraction of sp³-hybridized carbons (Fsp3) is 0.357. The van der Waals surface area contributed by atoms with Crippen molar-refractivity contribution >= 4 is 21.9 Å². The summed E-state index contributed by atoms with van der Waals surface area (Å²) in [5.74, 6) is 0.884. The van der Waals surface area contributed by atoms with Crippen molar-refractivity contribution in [3.05, 3.63) is 46.2 Å². The highest BCUT2D eigenvalue weighted by molar-refractivity contribution is 9.10. The zero-order chi connectivity index (χ0) is 13.7. The molecule has 0 aliphatic rings. The summed E-state index contributed by atoms with van der Waals surface area (Å²) in [6.45, 7) is 4.22. The molecule has 4 nitrogen and oxygen atoms in total. The number of hydrogen-bond donors (Lipinski definition) is 1. The van der Waals surface area contributed by atoms with Crippen LogP contribution < -0.4 is 5.32 Å². The Morgan fingerprint density at radius 1 is 1.42 bits per heavy atom. The second-order valence-electron chi connectivity index (χ2n) is 4.38. The van der Waals surface area contributed by atoms with Crippen molar-refractivity contribution in [3.63, 3.8) is 0 Å². The van der Waals surface area contributed by atoms with E-state index in [2.05, 4.69) is 49.1 Å². The highest BCUT2D eigenvalue weighted by Crippen LogP contribution is 2.15. The number of anilines is 1. The minimum Gasteiger partial charge on any atom is -0.383 e. The standard InChI is InChI=1S/C14H18BrN3O/c1-11-9-18(14(17-11)16-6-7-19-2)10-12-4-3-5-13(15)8-12/h3-5,8-9H,6-7,10H2,1-2H3,(H,16,17). The van der Waals surface area contributed by atoms with E-state index >= 15 is 0 Å². The average Bonchev–Trinajstić information content (AvgIpc) is 2.70. The van der Waals surface area contributed by atoms with Crippen molar-refractivity contribution in [1.29, 1.82) is 0 Å². The van der Waals surface area contributed by atoms with Crippen LogP contribution in [0.5, 0.6) is 0 Å². The fourth-order valence-electron chi connectivity index (χ4n) is 1.91. The summed E-state index contributed by atoms with van der Waals surface area (Å²) in [4.78, 5) is 4.49. The van der Waals surface area contributed by atoms with Crippen LogP contribution in [-0.2, 0) is 11.3 Å². The number of methoxy groups -OCH3 is 1. The molecule has 0 saturated carbocycles. The molecule has 0 aliphatic heterocycles. The van der Waals surface area contributed by atoms with Gasteiger partial charge in [0.2, 0.25) is 5.95 Å². The predicted octanol–water partition coefficient (Wildman–Crippen LogP) is 3.06. The summed E-state index contributed by atoms with van der Waals surface area (Å²) in [6.07, 6.45) is 2.05. The monoisotopic (exact) mass is 323 g/mol. The van der Waals surface area contributed by atoms with Crippen LogP contribution in [0.4, 0.5) is 5.95 Å². The molecule has 1 heterocycles. The molecule has 0 saturated heterocycles. The van der Waals surface area contributed by atoms with Gasteiger partial charge >= 0.3 is 0 Å². The second-order valence-corrected chi connectivity index (χ2v) is 5.30. The topological polar surface area (TPSA) is 39.1 Å². The zero-order valence-electron chi connectivity index (χ0n) is 11.2. The SMILES string of the molecule is COCCNc1nc(C)cn1Cc1cccc(Br)c1. The van der Waals surface area contributed by atoms with E-state index in [9.17, 15) is 0 Å². The summed E-state index contributed by atoms with van der Waals surface area (Å²) < 4.78 is 8.25. The molecule has 0 aliphatic carbocycles. The maximum absolute atomic E-state index is 5.04. The van der Waals surface area contributed by atoms with Crippen LogP contribution in [0.3, 0.4) is 0 Å². The summed E-state index contributed by atoms with van der Waals surface area (Å²) in [7, 11) is 1.70. The fourth-order valence-corrected chi connectivity index (χ4v) is 2.35. The number of aryl methyl sites for hydroxylation is 1. The number of ether oxygens (including phenoxy) is 1. The Labute approximate surface area is 121 Å². The van der Waals surface area contributed by atoms with Gasteiger partial charge in [-0.1, -0.05) is 28.1 Å². The van der Waals surface area contributed by atoms with E-state index in [0.717, 1.165) is 29.2 Å². The molecule has 0 fully saturated rings. The van der Waals surface area contributed by atoms with E-state index in [0.29, 0.717) is 6.61 Å². The summed E-state index contributed by atoms with van der Waals surface area (Å²) >= 11 is 3.49. The highest BCUT2D eigenvalue weighted by atomic mass is 79.9. The van der Waals surface area contributed by atoms with Crippen LogP contribution in [-0.4, -0.2) is 29.8 Å². The minimum atomic E-state index is 0.669. The van der Waals surface area contributed by atoms with Crippen LogP contribution in [0, 0.1) is 6.92 Å². The lowest BCUT2D eigenvalue weighted by Crippen LogP contribution is -2.12. The number of hydrogen-bond acceptors (Lipinski definition) is 3. The van der Waals surface area contributed by atoms with Crippen molar-refractivity contribution in [3.8, 4) is 0 Å². The van der Waals surface area contributed by atoms with E-state index < -0.39 is 0 Å². The molecule has 0 atom stereocenters. The number of rotatable bonds is 6. The van der Waals surface area contributed by atoms with Crippen LogP contribution in [0.1, 0.15) is 11.3 Å². The number of benzene rings is 1. The molecule has 2 aromatic rings. The molecule has 0 bridgehead atoms. The van der Waals surface area contributed by atoms with E-state index in [1.165, 1.54) is 5.56 Å². The Morgan fingerprint density at radius 2 is 2.26 bits per heavy atom. The second kappa shape index (κ2) is 6.73. The number of aromatic nitrogens is 2. The Balaban J connectivity index is 2.10. The molecule has 1 aromatic carbocycles. The smallest absolute Gasteiger partial charge is 0.203 e. The van der Waals surface area contributed by atoms with E-state index in [1.807, 2.05) is 19.1 Å². The number of nitrogens with zero attached hydrogens (tertiary/aromatic N) is 2. The van der Waals surface area contributed by atoms with Gasteiger partial charge in [0.1, 0.15) is 0 Å². The van der Waals surface area contributed by atoms with E-state index in [-0.39, 0.29) is 0 Å². The lowest BCUT2D eigenvalue weighted by Gasteiger charge is -2.09. The molecule has 1 aromatic heterocycles. The Bertz CT molecular complexity index is 539. The first kappa shape index (κ1) is 14.1. The van der Waals surface area contributed by atoms with Crippen LogP contribution in [0.15, 0.2) is 34.9 Å². The number of halogens is 1. The van der Waals surface area contributed by atoms with Gasteiger partial charge in [0.15, 0.2) is 0 Å². The third kappa shape index (κ3) is 4.08. The normalized spacial score (nSPS) is 10.7. The van der Waals surface area contributed by atoms with Gasteiger partial charge in [-0.3, -0.25) is 0 Å². The molecule has 0 amide bonds. The predicted molar refractivity (Wildman–Crippen MR) is 80.6 cm³/mol. The average molecular weight is 324 g/mol. The lowest BCUT2D eigenvalue weighted by molar-refractivity contribution is 0.210. The van der Waals surface area contributed by atoms with E-state index in [4.69, 9.17) is 4.74 Å². The van der Waals surface area contributed by atoms with Crippen LogP contribution in [0.2, 0.25) is 0 Å². The maximum Gasteiger partial charge on any atom is 0.203 e. The third-order valence-electron chi connectivity index (χ3n) is 2.73. The van der Waals surface area contributed by atoms with Gasteiger partial charge in [0.05, 0.1) is 18.8 Å². The quantitative estimate of drug-likeness (QED) is 0.830. The molecule has 102 valence electrons. The van der Waals surface area contributed by atoms with Gasteiger partial charge in [-0.15, -0.1) is 0 Å². The summed E-state index contributed by atoms with van der Waals surface area (Å²) in [5.41, 5.74) is 2.25. The molecule has 2 rings (SSSR count). The molecular weight excluding hydrogens is 306 g/mol. The number of imidazole rings is 1. The minimum absolute atomic E-state index is 0.669. The Kier molecular flexibility index (Phi) is 4.99. The molecule has 1 N–H and O–H groups in total. The van der Waals surface area contributed by atoms with Gasteiger partial charge in [0, 0.05) is 24.3 Å². The molecule has 0 unspecified atom stereocenters. The summed E-state index contributed by atoms with van der Waals surface area (Å²) in [6, 6.07) is 8.30. The van der Waals surface area contributed by atoms with Gasteiger partial charge in [0.25, 0.3) is 0 Å². The first-order valence-electron chi connectivity index (χ1n) is 6.20. The third-order valence-corrected chi connectivity index (χ3v) is 3.22. The molecular formula is C14H18BrN3O. The molecule has 19 heavy (non-hydrogen) atoms.